The van der Waals surface area contributed by atoms with Gasteiger partial charge in [0, 0.05) is 22.3 Å². The van der Waals surface area contributed by atoms with Gasteiger partial charge >= 0.3 is 0 Å². The van der Waals surface area contributed by atoms with Gasteiger partial charge in [-0.3, -0.25) is 0 Å². The summed E-state index contributed by atoms with van der Waals surface area (Å²) < 4.78 is 2.90. The first-order valence-corrected chi connectivity index (χ1v) is 6.70. The van der Waals surface area contributed by atoms with Gasteiger partial charge in [0.05, 0.1) is 6.54 Å². The van der Waals surface area contributed by atoms with Crippen LogP contribution in [0.25, 0.3) is 0 Å². The van der Waals surface area contributed by atoms with E-state index in [2.05, 4.69) is 30.3 Å². The summed E-state index contributed by atoms with van der Waals surface area (Å²) in [5.41, 5.74) is 2.48. The minimum absolute atomic E-state index is 0.0694. The molecule has 1 aromatic carbocycles. The maximum atomic E-state index is 5.90. The highest BCUT2D eigenvalue weighted by Gasteiger charge is 2.19. The molecule has 0 spiro atoms. The molecule has 0 amide bonds. The number of nitrogens with zero attached hydrogens (tertiary/aromatic N) is 1. The SMILES string of the molecule is CC(C)(C)c1c[nH]c(=S)n1Cc1ccc(Cl)cc1. The van der Waals surface area contributed by atoms with E-state index in [-0.39, 0.29) is 5.41 Å². The van der Waals surface area contributed by atoms with Gasteiger partial charge in [-0.1, -0.05) is 44.5 Å². The number of benzene rings is 1. The third-order valence-electron chi connectivity index (χ3n) is 2.89. The summed E-state index contributed by atoms with van der Waals surface area (Å²) in [6.45, 7) is 7.32. The van der Waals surface area contributed by atoms with Crippen molar-refractivity contribution in [1.29, 1.82) is 0 Å². The highest BCUT2D eigenvalue weighted by Crippen LogP contribution is 2.23. The van der Waals surface area contributed by atoms with Crippen LogP contribution >= 0.6 is 23.8 Å². The standard InChI is InChI=1S/C14H17ClN2S/c1-14(2,3)12-8-16-13(18)17(12)9-10-4-6-11(15)7-5-10/h4-8H,9H2,1-3H3,(H,16,18). The number of halogens is 1. The molecule has 0 aliphatic heterocycles. The first kappa shape index (κ1) is 13.4. The quantitative estimate of drug-likeness (QED) is 0.801. The summed E-state index contributed by atoms with van der Waals surface area (Å²) in [6, 6.07) is 7.88. The lowest BCUT2D eigenvalue weighted by molar-refractivity contribution is 0.529. The Morgan fingerprint density at radius 3 is 2.39 bits per heavy atom. The minimum atomic E-state index is 0.0694. The molecule has 4 heteroatoms. The fourth-order valence-corrected chi connectivity index (χ4v) is 2.29. The molecule has 1 aromatic heterocycles. The van der Waals surface area contributed by atoms with E-state index in [4.69, 9.17) is 23.8 Å². The van der Waals surface area contributed by atoms with E-state index in [1.54, 1.807) is 0 Å². The van der Waals surface area contributed by atoms with E-state index in [0.29, 0.717) is 0 Å². The Morgan fingerprint density at radius 1 is 1.22 bits per heavy atom. The number of nitrogens with one attached hydrogen (secondary N) is 1. The molecular weight excluding hydrogens is 264 g/mol. The maximum absolute atomic E-state index is 5.90. The number of hydrogen-bond acceptors (Lipinski definition) is 1. The summed E-state index contributed by atoms with van der Waals surface area (Å²) in [4.78, 5) is 3.13. The largest absolute Gasteiger partial charge is 0.337 e. The molecule has 0 saturated heterocycles. The Balaban J connectivity index is 2.37. The Bertz CT molecular complexity index is 587. The predicted octanol–water partition coefficient (Wildman–Crippen LogP) is 4.54. The number of rotatable bonds is 2. The van der Waals surface area contributed by atoms with Crippen molar-refractivity contribution >= 4 is 23.8 Å². The van der Waals surface area contributed by atoms with E-state index in [0.717, 1.165) is 16.3 Å². The van der Waals surface area contributed by atoms with Gasteiger partial charge in [-0.05, 0) is 29.9 Å². The second kappa shape index (κ2) is 4.90. The van der Waals surface area contributed by atoms with E-state index in [9.17, 15) is 0 Å². The van der Waals surface area contributed by atoms with Gasteiger partial charge in [0.1, 0.15) is 0 Å². The second-order valence-corrected chi connectivity index (χ2v) is 6.26. The van der Waals surface area contributed by atoms with E-state index in [1.165, 1.54) is 11.3 Å². The van der Waals surface area contributed by atoms with Crippen molar-refractivity contribution in [2.45, 2.75) is 32.7 Å². The van der Waals surface area contributed by atoms with E-state index < -0.39 is 0 Å². The lowest BCUT2D eigenvalue weighted by Gasteiger charge is -2.20. The van der Waals surface area contributed by atoms with Gasteiger partial charge in [-0.25, -0.2) is 0 Å². The Hall–Kier alpha value is -1.06. The highest BCUT2D eigenvalue weighted by atomic mass is 35.5. The van der Waals surface area contributed by atoms with Crippen LogP contribution in [0.1, 0.15) is 32.0 Å². The zero-order chi connectivity index (χ0) is 13.3. The average molecular weight is 281 g/mol. The van der Waals surface area contributed by atoms with E-state index in [1.807, 2.05) is 30.5 Å². The van der Waals surface area contributed by atoms with Gasteiger partial charge in [0.25, 0.3) is 0 Å². The molecule has 2 nitrogen and oxygen atoms in total. The molecular formula is C14H17ClN2S. The van der Waals surface area contributed by atoms with Gasteiger partial charge in [0.15, 0.2) is 4.77 Å². The monoisotopic (exact) mass is 280 g/mol. The fraction of sp³-hybridized carbons (Fsp3) is 0.357. The lowest BCUT2D eigenvalue weighted by Crippen LogP contribution is -2.18. The molecule has 0 unspecified atom stereocenters. The molecule has 0 saturated carbocycles. The molecule has 18 heavy (non-hydrogen) atoms. The van der Waals surface area contributed by atoms with Crippen LogP contribution in [-0.2, 0) is 12.0 Å². The van der Waals surface area contributed by atoms with Crippen molar-refractivity contribution in [1.82, 2.24) is 9.55 Å². The number of hydrogen-bond donors (Lipinski definition) is 1. The molecule has 2 rings (SSSR count). The molecule has 0 aliphatic carbocycles. The molecule has 0 radical (unpaired) electrons. The van der Waals surface area contributed by atoms with Crippen LogP contribution in [0.2, 0.25) is 5.02 Å². The lowest BCUT2D eigenvalue weighted by atomic mass is 9.92. The van der Waals surface area contributed by atoms with Crippen LogP contribution in [0.3, 0.4) is 0 Å². The van der Waals surface area contributed by atoms with Crippen LogP contribution in [0.15, 0.2) is 30.5 Å². The number of H-pyrrole nitrogens is 1. The van der Waals surface area contributed by atoms with Gasteiger partial charge in [-0.2, -0.15) is 0 Å². The van der Waals surface area contributed by atoms with Gasteiger partial charge < -0.3 is 9.55 Å². The summed E-state index contributed by atoms with van der Waals surface area (Å²) >= 11 is 11.2. The van der Waals surface area contributed by atoms with Crippen LogP contribution in [0, 0.1) is 4.77 Å². The van der Waals surface area contributed by atoms with Crippen molar-refractivity contribution in [3.8, 4) is 0 Å². The highest BCUT2D eigenvalue weighted by molar-refractivity contribution is 7.71. The van der Waals surface area contributed by atoms with Crippen LogP contribution in [-0.4, -0.2) is 9.55 Å². The van der Waals surface area contributed by atoms with Crippen LogP contribution < -0.4 is 0 Å². The molecule has 0 aliphatic rings. The van der Waals surface area contributed by atoms with Crippen molar-refractivity contribution < 1.29 is 0 Å². The normalized spacial score (nSPS) is 11.8. The third kappa shape index (κ3) is 2.85. The van der Waals surface area contributed by atoms with Crippen molar-refractivity contribution in [3.05, 3.63) is 51.5 Å². The van der Waals surface area contributed by atoms with Crippen molar-refractivity contribution in [2.75, 3.05) is 0 Å². The Morgan fingerprint density at radius 2 is 1.83 bits per heavy atom. The first-order chi connectivity index (χ1) is 8.38. The Labute approximate surface area is 118 Å². The Kier molecular flexibility index (Phi) is 3.64. The van der Waals surface area contributed by atoms with Crippen molar-refractivity contribution in [3.63, 3.8) is 0 Å². The zero-order valence-corrected chi connectivity index (χ0v) is 12.4. The molecule has 0 bridgehead atoms. The molecule has 0 atom stereocenters. The predicted molar refractivity (Wildman–Crippen MR) is 78.9 cm³/mol. The topological polar surface area (TPSA) is 20.7 Å². The van der Waals surface area contributed by atoms with E-state index >= 15 is 0 Å². The summed E-state index contributed by atoms with van der Waals surface area (Å²) in [5.74, 6) is 0. The van der Waals surface area contributed by atoms with Crippen molar-refractivity contribution in [2.24, 2.45) is 0 Å². The molecule has 0 fully saturated rings. The minimum Gasteiger partial charge on any atom is -0.337 e. The first-order valence-electron chi connectivity index (χ1n) is 5.91. The zero-order valence-electron chi connectivity index (χ0n) is 10.8. The smallest absolute Gasteiger partial charge is 0.177 e. The molecule has 2 aromatic rings. The average Bonchev–Trinajstić information content (AvgIpc) is 2.63. The second-order valence-electron chi connectivity index (χ2n) is 5.44. The van der Waals surface area contributed by atoms with Gasteiger partial charge in [-0.15, -0.1) is 0 Å². The summed E-state index contributed by atoms with van der Waals surface area (Å²) in [5, 5.41) is 0.757. The number of aromatic amines is 1. The summed E-state index contributed by atoms with van der Waals surface area (Å²) in [7, 11) is 0. The fourth-order valence-electron chi connectivity index (χ4n) is 1.95. The number of aromatic nitrogens is 2. The molecule has 1 heterocycles. The summed E-state index contributed by atoms with van der Waals surface area (Å²) in [6.07, 6.45) is 2.00. The van der Waals surface area contributed by atoms with Crippen LogP contribution in [0.5, 0.6) is 0 Å². The van der Waals surface area contributed by atoms with Crippen LogP contribution in [0.4, 0.5) is 0 Å². The molecule has 1 N–H and O–H groups in total. The molecule has 96 valence electrons. The van der Waals surface area contributed by atoms with Gasteiger partial charge in [0.2, 0.25) is 0 Å². The third-order valence-corrected chi connectivity index (χ3v) is 3.48. The number of imidazole rings is 1. The maximum Gasteiger partial charge on any atom is 0.177 e.